The lowest BCUT2D eigenvalue weighted by Gasteiger charge is -2.20. The Morgan fingerprint density at radius 3 is 2.37 bits per heavy atom. The van der Waals surface area contributed by atoms with Crippen LogP contribution in [0.1, 0.15) is 29.3 Å². The predicted molar refractivity (Wildman–Crippen MR) is 74.2 cm³/mol. The zero-order chi connectivity index (χ0) is 14.3. The highest BCUT2D eigenvalue weighted by Gasteiger charge is 2.18. The van der Waals surface area contributed by atoms with E-state index in [0.717, 1.165) is 12.0 Å². The van der Waals surface area contributed by atoms with Crippen molar-refractivity contribution in [1.82, 2.24) is 4.90 Å². The zero-order valence-electron chi connectivity index (χ0n) is 11.2. The fraction of sp³-hybridized carbons (Fsp3) is 0.429. The molecule has 0 radical (unpaired) electrons. The normalized spacial score (nSPS) is 10.1. The first kappa shape index (κ1) is 15.5. The number of esters is 1. The van der Waals surface area contributed by atoms with Crippen molar-refractivity contribution in [3.8, 4) is 0 Å². The van der Waals surface area contributed by atoms with Crippen LogP contribution >= 0.6 is 11.6 Å². The van der Waals surface area contributed by atoms with Crippen molar-refractivity contribution in [3.63, 3.8) is 0 Å². The fourth-order valence-corrected chi connectivity index (χ4v) is 1.84. The second-order valence-corrected chi connectivity index (χ2v) is 4.40. The van der Waals surface area contributed by atoms with Crippen LogP contribution < -0.4 is 0 Å². The highest BCUT2D eigenvalue weighted by atomic mass is 35.5. The molecule has 5 heteroatoms. The molecule has 0 fully saturated rings. The van der Waals surface area contributed by atoms with E-state index >= 15 is 0 Å². The molecule has 0 aliphatic rings. The van der Waals surface area contributed by atoms with Crippen molar-refractivity contribution in [1.29, 1.82) is 0 Å². The average Bonchev–Trinajstić information content (AvgIpc) is 2.46. The smallest absolute Gasteiger partial charge is 0.325 e. The molecule has 0 heterocycles. The molecule has 1 aromatic carbocycles. The molecule has 0 saturated carbocycles. The lowest BCUT2D eigenvalue weighted by molar-refractivity contribution is -0.141. The first-order valence-electron chi connectivity index (χ1n) is 6.13. The van der Waals surface area contributed by atoms with Crippen LogP contribution in [0.15, 0.2) is 24.3 Å². The zero-order valence-corrected chi connectivity index (χ0v) is 11.9. The Hall–Kier alpha value is -1.55. The van der Waals surface area contributed by atoms with Gasteiger partial charge in [0.1, 0.15) is 6.54 Å². The Labute approximate surface area is 118 Å². The van der Waals surface area contributed by atoms with E-state index in [9.17, 15) is 9.59 Å². The number of alkyl halides is 1. The van der Waals surface area contributed by atoms with Gasteiger partial charge < -0.3 is 9.64 Å². The van der Waals surface area contributed by atoms with Crippen molar-refractivity contribution in [2.45, 2.75) is 19.2 Å². The van der Waals surface area contributed by atoms with E-state index in [1.54, 1.807) is 12.1 Å². The van der Waals surface area contributed by atoms with Crippen molar-refractivity contribution in [2.24, 2.45) is 0 Å². The first-order valence-corrected chi connectivity index (χ1v) is 6.66. The largest absolute Gasteiger partial charge is 0.468 e. The number of carbonyl (C=O) groups is 2. The molecule has 0 bridgehead atoms. The molecule has 0 spiro atoms. The molecule has 4 nitrogen and oxygen atoms in total. The van der Waals surface area contributed by atoms with Gasteiger partial charge in [-0.25, -0.2) is 0 Å². The summed E-state index contributed by atoms with van der Waals surface area (Å²) in [7, 11) is 1.31. The summed E-state index contributed by atoms with van der Waals surface area (Å²) < 4.78 is 4.60. The van der Waals surface area contributed by atoms with Gasteiger partial charge >= 0.3 is 5.97 Å². The predicted octanol–water partition coefficient (Wildman–Crippen LogP) is 2.45. The number of ether oxygens (including phenoxy) is 1. The van der Waals surface area contributed by atoms with Gasteiger partial charge in [-0.05, 0) is 24.1 Å². The highest BCUT2D eigenvalue weighted by molar-refractivity contribution is 6.17. The number of benzene rings is 1. The third-order valence-electron chi connectivity index (χ3n) is 2.68. The van der Waals surface area contributed by atoms with Gasteiger partial charge in [-0.1, -0.05) is 19.1 Å². The van der Waals surface area contributed by atoms with E-state index in [1.807, 2.05) is 19.1 Å². The molecule has 1 rings (SSSR count). The average molecular weight is 284 g/mol. The van der Waals surface area contributed by atoms with Gasteiger partial charge in [-0.3, -0.25) is 9.59 Å². The lowest BCUT2D eigenvalue weighted by Crippen LogP contribution is -2.36. The van der Waals surface area contributed by atoms with Crippen molar-refractivity contribution in [3.05, 3.63) is 35.4 Å². The van der Waals surface area contributed by atoms with Gasteiger partial charge in [0.2, 0.25) is 0 Å². The molecule has 0 aliphatic heterocycles. The van der Waals surface area contributed by atoms with E-state index < -0.39 is 5.97 Å². The van der Waals surface area contributed by atoms with Gasteiger partial charge in [-0.15, -0.1) is 11.6 Å². The van der Waals surface area contributed by atoms with Gasteiger partial charge in [-0.2, -0.15) is 0 Å². The standard InChI is InChI=1S/C14H18ClNO3/c1-3-8-16(10-13(17)19-2)14(18)12-6-4-11(9-15)5-7-12/h4-7H,3,8-10H2,1-2H3. The quantitative estimate of drug-likeness (QED) is 0.595. The summed E-state index contributed by atoms with van der Waals surface area (Å²) in [5, 5.41) is 0. The van der Waals surface area contributed by atoms with Crippen LogP contribution in [0.2, 0.25) is 0 Å². The molecule has 0 N–H and O–H groups in total. The van der Waals surface area contributed by atoms with Gasteiger partial charge in [0.05, 0.1) is 7.11 Å². The van der Waals surface area contributed by atoms with Crippen molar-refractivity contribution < 1.29 is 14.3 Å². The van der Waals surface area contributed by atoms with Crippen LogP contribution in [0.5, 0.6) is 0 Å². The number of amides is 1. The number of hydrogen-bond acceptors (Lipinski definition) is 3. The summed E-state index contributed by atoms with van der Waals surface area (Å²) in [4.78, 5) is 25.1. The number of rotatable bonds is 6. The van der Waals surface area contributed by atoms with Crippen LogP contribution in [0, 0.1) is 0 Å². The summed E-state index contributed by atoms with van der Waals surface area (Å²) >= 11 is 5.70. The topological polar surface area (TPSA) is 46.6 Å². The third-order valence-corrected chi connectivity index (χ3v) is 2.99. The molecule has 0 atom stereocenters. The first-order chi connectivity index (χ1) is 9.12. The molecular weight excluding hydrogens is 266 g/mol. The van der Waals surface area contributed by atoms with Crippen molar-refractivity contribution in [2.75, 3.05) is 20.2 Å². The van der Waals surface area contributed by atoms with Crippen LogP contribution in [0.25, 0.3) is 0 Å². The Balaban J connectivity index is 2.82. The van der Waals surface area contributed by atoms with E-state index in [1.165, 1.54) is 12.0 Å². The van der Waals surface area contributed by atoms with E-state index in [0.29, 0.717) is 18.0 Å². The maximum atomic E-state index is 12.3. The maximum Gasteiger partial charge on any atom is 0.325 e. The number of methoxy groups -OCH3 is 1. The van der Waals surface area contributed by atoms with Gasteiger partial charge in [0, 0.05) is 18.0 Å². The lowest BCUT2D eigenvalue weighted by atomic mass is 10.1. The summed E-state index contributed by atoms with van der Waals surface area (Å²) in [6.45, 7) is 2.44. The Morgan fingerprint density at radius 2 is 1.89 bits per heavy atom. The molecule has 104 valence electrons. The summed E-state index contributed by atoms with van der Waals surface area (Å²) in [5.74, 6) is -0.178. The SMILES string of the molecule is CCCN(CC(=O)OC)C(=O)c1ccc(CCl)cc1. The summed E-state index contributed by atoms with van der Waals surface area (Å²) in [6.07, 6.45) is 0.780. The van der Waals surface area contributed by atoms with Gasteiger partial charge in [0.15, 0.2) is 0 Å². The Morgan fingerprint density at radius 1 is 1.26 bits per heavy atom. The van der Waals surface area contributed by atoms with Crippen LogP contribution in [-0.2, 0) is 15.4 Å². The summed E-state index contributed by atoms with van der Waals surface area (Å²) in [6, 6.07) is 7.06. The minimum Gasteiger partial charge on any atom is -0.468 e. The second-order valence-electron chi connectivity index (χ2n) is 4.13. The number of carbonyl (C=O) groups excluding carboxylic acids is 2. The van der Waals surface area contributed by atoms with E-state index in [2.05, 4.69) is 4.74 Å². The monoisotopic (exact) mass is 283 g/mol. The molecule has 1 amide bonds. The Bertz CT molecular complexity index is 431. The molecule has 0 unspecified atom stereocenters. The number of halogens is 1. The number of nitrogens with zero attached hydrogens (tertiary/aromatic N) is 1. The van der Waals surface area contributed by atoms with Crippen molar-refractivity contribution >= 4 is 23.5 Å². The third kappa shape index (κ3) is 4.56. The van der Waals surface area contributed by atoms with Gasteiger partial charge in [0.25, 0.3) is 5.91 Å². The van der Waals surface area contributed by atoms with Crippen LogP contribution in [0.3, 0.4) is 0 Å². The molecule has 1 aromatic rings. The molecule has 0 aromatic heterocycles. The molecular formula is C14H18ClNO3. The molecule has 0 saturated heterocycles. The number of hydrogen-bond donors (Lipinski definition) is 0. The summed E-state index contributed by atoms with van der Waals surface area (Å²) in [5.41, 5.74) is 1.50. The van der Waals surface area contributed by atoms with E-state index in [-0.39, 0.29) is 12.5 Å². The van der Waals surface area contributed by atoms with E-state index in [4.69, 9.17) is 11.6 Å². The molecule has 0 aliphatic carbocycles. The minimum absolute atomic E-state index is 0.0274. The Kier molecular flexibility index (Phi) is 6.36. The highest BCUT2D eigenvalue weighted by Crippen LogP contribution is 2.10. The molecule has 19 heavy (non-hydrogen) atoms. The van der Waals surface area contributed by atoms with Crippen LogP contribution in [-0.4, -0.2) is 37.0 Å². The second kappa shape index (κ2) is 7.79. The maximum absolute atomic E-state index is 12.3. The van der Waals surface area contributed by atoms with Crippen LogP contribution in [0.4, 0.5) is 0 Å². The minimum atomic E-state index is -0.417. The fourth-order valence-electron chi connectivity index (χ4n) is 1.66.